The molecule has 1 saturated heterocycles. The Hall–Kier alpha value is -3.16. The highest BCUT2D eigenvalue weighted by atomic mass is 16.3. The lowest BCUT2D eigenvalue weighted by Crippen LogP contribution is -2.48. The van der Waals surface area contributed by atoms with Crippen molar-refractivity contribution < 1.29 is 18.8 Å². The fourth-order valence-electron chi connectivity index (χ4n) is 2.56. The number of piperazine rings is 1. The van der Waals surface area contributed by atoms with E-state index < -0.39 is 0 Å². The van der Waals surface area contributed by atoms with Crippen molar-refractivity contribution >= 4 is 18.2 Å². The molecule has 0 bridgehead atoms. The smallest absolute Gasteiger partial charge is 0.272 e. The van der Waals surface area contributed by atoms with Gasteiger partial charge in [-0.05, 0) is 24.3 Å². The highest BCUT2D eigenvalue weighted by Gasteiger charge is 2.22. The van der Waals surface area contributed by atoms with Gasteiger partial charge in [-0.15, -0.1) is 0 Å². The van der Waals surface area contributed by atoms with Crippen LogP contribution >= 0.6 is 0 Å². The molecule has 1 fully saturated rings. The Bertz CT molecular complexity index is 752. The summed E-state index contributed by atoms with van der Waals surface area (Å²) >= 11 is 0. The monoisotopic (exact) mass is 342 g/mol. The summed E-state index contributed by atoms with van der Waals surface area (Å²) in [5, 5.41) is 2.73. The second kappa shape index (κ2) is 7.61. The van der Waals surface area contributed by atoms with Crippen LogP contribution in [0.15, 0.2) is 41.1 Å². The van der Waals surface area contributed by atoms with Crippen LogP contribution in [0.2, 0.25) is 0 Å². The molecule has 0 unspecified atom stereocenters. The lowest BCUT2D eigenvalue weighted by molar-refractivity contribution is -0.119. The maximum atomic E-state index is 12.5. The van der Waals surface area contributed by atoms with Crippen LogP contribution in [0.5, 0.6) is 0 Å². The van der Waals surface area contributed by atoms with Crippen LogP contribution in [0, 0.1) is 0 Å². The number of amides is 3. The number of furan rings is 1. The van der Waals surface area contributed by atoms with Gasteiger partial charge < -0.3 is 19.5 Å². The molecule has 130 valence electrons. The van der Waals surface area contributed by atoms with Crippen LogP contribution in [0.1, 0.15) is 26.6 Å². The number of carbonyl (C=O) groups excluding carboxylic acids is 3. The molecule has 1 aliphatic heterocycles. The summed E-state index contributed by atoms with van der Waals surface area (Å²) in [5.74, 6) is 0.0941. The van der Waals surface area contributed by atoms with E-state index in [9.17, 15) is 14.4 Å². The van der Waals surface area contributed by atoms with Crippen molar-refractivity contribution in [2.24, 2.45) is 0 Å². The van der Waals surface area contributed by atoms with Crippen LogP contribution in [0.3, 0.4) is 0 Å². The minimum atomic E-state index is -0.307. The molecule has 0 atom stereocenters. The van der Waals surface area contributed by atoms with Gasteiger partial charge in [-0.25, -0.2) is 0 Å². The number of carbonyl (C=O) groups is 3. The van der Waals surface area contributed by atoms with Gasteiger partial charge in [0.1, 0.15) is 11.5 Å². The molecule has 1 aliphatic rings. The number of hydrogen-bond donors (Lipinski definition) is 1. The van der Waals surface area contributed by atoms with E-state index in [-0.39, 0.29) is 24.1 Å². The molecule has 25 heavy (non-hydrogen) atoms. The summed E-state index contributed by atoms with van der Waals surface area (Å²) in [5.41, 5.74) is 0.571. The van der Waals surface area contributed by atoms with Crippen molar-refractivity contribution in [1.82, 2.24) is 20.1 Å². The lowest BCUT2D eigenvalue weighted by atomic mass is 10.2. The molecular formula is C17H18N4O4. The molecule has 2 aromatic heterocycles. The number of pyridine rings is 1. The Morgan fingerprint density at radius 1 is 1.24 bits per heavy atom. The van der Waals surface area contributed by atoms with E-state index in [1.807, 2.05) is 0 Å². The fourth-order valence-corrected chi connectivity index (χ4v) is 2.56. The number of nitrogens with zero attached hydrogens (tertiary/aromatic N) is 3. The minimum absolute atomic E-state index is 0.213. The Balaban J connectivity index is 1.63. The predicted octanol–water partition coefficient (Wildman–Crippen LogP) is 0.519. The zero-order valence-electron chi connectivity index (χ0n) is 13.6. The third-order valence-electron chi connectivity index (χ3n) is 4.00. The zero-order valence-corrected chi connectivity index (χ0v) is 13.6. The molecule has 0 spiro atoms. The highest BCUT2D eigenvalue weighted by Crippen LogP contribution is 2.09. The van der Waals surface area contributed by atoms with Crippen LogP contribution in [-0.2, 0) is 11.3 Å². The second-order valence-corrected chi connectivity index (χ2v) is 5.63. The predicted molar refractivity (Wildman–Crippen MR) is 87.7 cm³/mol. The standard InChI is InChI=1S/C17H18N4O4/c22-12-20-5-7-21(8-6-20)17(24)15-10-13(3-4-18-15)16(23)19-11-14-2-1-9-25-14/h1-4,9-10,12H,5-8,11H2,(H,19,23). The third kappa shape index (κ3) is 4.03. The molecular weight excluding hydrogens is 324 g/mol. The number of aromatic nitrogens is 1. The van der Waals surface area contributed by atoms with E-state index >= 15 is 0 Å². The molecule has 0 saturated carbocycles. The normalized spacial score (nSPS) is 14.2. The van der Waals surface area contributed by atoms with Crippen LogP contribution in [0.4, 0.5) is 0 Å². The molecule has 0 radical (unpaired) electrons. The van der Waals surface area contributed by atoms with Crippen molar-refractivity contribution in [1.29, 1.82) is 0 Å². The van der Waals surface area contributed by atoms with E-state index in [0.717, 1.165) is 6.41 Å². The van der Waals surface area contributed by atoms with Crippen molar-refractivity contribution in [2.75, 3.05) is 26.2 Å². The number of nitrogens with one attached hydrogen (secondary N) is 1. The summed E-state index contributed by atoms with van der Waals surface area (Å²) in [7, 11) is 0. The molecule has 8 heteroatoms. The Kier molecular flexibility index (Phi) is 5.08. The average Bonchev–Trinajstić information content (AvgIpc) is 3.19. The zero-order chi connectivity index (χ0) is 17.6. The van der Waals surface area contributed by atoms with E-state index in [0.29, 0.717) is 37.5 Å². The molecule has 1 N–H and O–H groups in total. The van der Waals surface area contributed by atoms with Crippen molar-refractivity contribution in [3.63, 3.8) is 0 Å². The summed E-state index contributed by atoms with van der Waals surface area (Å²) in [6.45, 7) is 2.17. The van der Waals surface area contributed by atoms with Crippen LogP contribution < -0.4 is 5.32 Å². The summed E-state index contributed by atoms with van der Waals surface area (Å²) in [6.07, 6.45) is 3.76. The molecule has 3 amide bonds. The number of rotatable bonds is 5. The maximum Gasteiger partial charge on any atom is 0.272 e. The molecule has 3 rings (SSSR count). The first kappa shape index (κ1) is 16.7. The first-order chi connectivity index (χ1) is 12.2. The topological polar surface area (TPSA) is 95.8 Å². The first-order valence-electron chi connectivity index (χ1n) is 7.92. The fraction of sp³-hybridized carbons (Fsp3) is 0.294. The van der Waals surface area contributed by atoms with Crippen molar-refractivity contribution in [3.8, 4) is 0 Å². The maximum absolute atomic E-state index is 12.5. The highest BCUT2D eigenvalue weighted by molar-refractivity contribution is 5.98. The van der Waals surface area contributed by atoms with Crippen molar-refractivity contribution in [3.05, 3.63) is 53.7 Å². The average molecular weight is 342 g/mol. The lowest BCUT2D eigenvalue weighted by Gasteiger charge is -2.32. The molecule has 8 nitrogen and oxygen atoms in total. The van der Waals surface area contributed by atoms with Gasteiger partial charge >= 0.3 is 0 Å². The second-order valence-electron chi connectivity index (χ2n) is 5.63. The largest absolute Gasteiger partial charge is 0.467 e. The van der Waals surface area contributed by atoms with Gasteiger partial charge in [0.15, 0.2) is 0 Å². The molecule has 3 heterocycles. The third-order valence-corrected chi connectivity index (χ3v) is 4.00. The Morgan fingerprint density at radius 2 is 2.04 bits per heavy atom. The van der Waals surface area contributed by atoms with Crippen molar-refractivity contribution in [2.45, 2.75) is 6.54 Å². The number of hydrogen-bond acceptors (Lipinski definition) is 5. The molecule has 0 aliphatic carbocycles. The van der Waals surface area contributed by atoms with Gasteiger partial charge in [-0.1, -0.05) is 0 Å². The summed E-state index contributed by atoms with van der Waals surface area (Å²) in [6, 6.07) is 6.54. The molecule has 0 aromatic carbocycles. The molecule has 2 aromatic rings. The van der Waals surface area contributed by atoms with Gasteiger partial charge in [0.05, 0.1) is 12.8 Å². The van der Waals surface area contributed by atoms with Crippen LogP contribution in [-0.4, -0.2) is 59.2 Å². The van der Waals surface area contributed by atoms with Crippen LogP contribution in [0.25, 0.3) is 0 Å². The Morgan fingerprint density at radius 3 is 2.72 bits per heavy atom. The van der Waals surface area contributed by atoms with Gasteiger partial charge in [-0.3, -0.25) is 19.4 Å². The van der Waals surface area contributed by atoms with Gasteiger partial charge in [0, 0.05) is 37.9 Å². The summed E-state index contributed by atoms with van der Waals surface area (Å²) < 4.78 is 5.16. The van der Waals surface area contributed by atoms with Gasteiger partial charge in [0.2, 0.25) is 6.41 Å². The minimum Gasteiger partial charge on any atom is -0.467 e. The van der Waals surface area contributed by atoms with E-state index in [4.69, 9.17) is 4.42 Å². The Labute approximate surface area is 144 Å². The van der Waals surface area contributed by atoms with Gasteiger partial charge in [-0.2, -0.15) is 0 Å². The van der Waals surface area contributed by atoms with Gasteiger partial charge in [0.25, 0.3) is 11.8 Å². The quantitative estimate of drug-likeness (QED) is 0.799. The SMILES string of the molecule is O=CN1CCN(C(=O)c2cc(C(=O)NCc3ccco3)ccn2)CC1. The van der Waals surface area contributed by atoms with E-state index in [2.05, 4.69) is 10.3 Å². The van der Waals surface area contributed by atoms with E-state index in [1.54, 1.807) is 28.0 Å². The summed E-state index contributed by atoms with van der Waals surface area (Å²) in [4.78, 5) is 42.8. The first-order valence-corrected chi connectivity index (χ1v) is 7.92. The van der Waals surface area contributed by atoms with E-state index in [1.165, 1.54) is 18.5 Å².